The molecule has 0 spiro atoms. The van der Waals surface area contributed by atoms with Crippen molar-refractivity contribution in [2.24, 2.45) is 5.92 Å². The Bertz CT molecular complexity index is 93.3. The van der Waals surface area contributed by atoms with Gasteiger partial charge in [0.25, 0.3) is 0 Å². The van der Waals surface area contributed by atoms with Gasteiger partial charge >= 0.3 is 0 Å². The molecule has 0 aromatic carbocycles. The molecule has 0 aliphatic rings. The standard InChI is InChI=1S/C8H16OS/c1-4-8(3)10-6-7(2)5-9/h4,7-9H,1,5-6H2,2-3H3. The number of aliphatic hydroxyl groups excluding tert-OH is 1. The van der Waals surface area contributed by atoms with Crippen LogP contribution in [0.4, 0.5) is 0 Å². The van der Waals surface area contributed by atoms with Gasteiger partial charge in [0.1, 0.15) is 0 Å². The van der Waals surface area contributed by atoms with E-state index in [2.05, 4.69) is 13.5 Å². The Labute approximate surface area is 67.5 Å². The van der Waals surface area contributed by atoms with E-state index in [4.69, 9.17) is 5.11 Å². The average Bonchev–Trinajstić information content (AvgIpc) is 1.99. The van der Waals surface area contributed by atoms with E-state index in [1.807, 2.05) is 24.8 Å². The van der Waals surface area contributed by atoms with Crippen LogP contribution in [0.1, 0.15) is 13.8 Å². The summed E-state index contributed by atoms with van der Waals surface area (Å²) >= 11 is 1.83. The van der Waals surface area contributed by atoms with Gasteiger partial charge in [-0.1, -0.05) is 13.0 Å². The largest absolute Gasteiger partial charge is 0.396 e. The third-order valence-corrected chi connectivity index (χ3v) is 2.77. The first-order valence-electron chi connectivity index (χ1n) is 3.55. The van der Waals surface area contributed by atoms with Crippen molar-refractivity contribution in [2.75, 3.05) is 12.4 Å². The normalized spacial score (nSPS) is 16.3. The smallest absolute Gasteiger partial charge is 0.0464 e. The molecule has 0 fully saturated rings. The molecular weight excluding hydrogens is 144 g/mol. The van der Waals surface area contributed by atoms with Crippen LogP contribution >= 0.6 is 11.8 Å². The first-order valence-corrected chi connectivity index (χ1v) is 4.60. The Morgan fingerprint density at radius 3 is 2.60 bits per heavy atom. The van der Waals surface area contributed by atoms with Gasteiger partial charge < -0.3 is 5.11 Å². The maximum absolute atomic E-state index is 8.68. The van der Waals surface area contributed by atoms with Gasteiger partial charge in [-0.25, -0.2) is 0 Å². The number of rotatable bonds is 5. The summed E-state index contributed by atoms with van der Waals surface area (Å²) in [6.45, 7) is 8.13. The van der Waals surface area contributed by atoms with Crippen molar-refractivity contribution in [2.45, 2.75) is 19.1 Å². The zero-order valence-corrected chi connectivity index (χ0v) is 7.53. The second-order valence-electron chi connectivity index (χ2n) is 2.56. The molecule has 2 unspecified atom stereocenters. The van der Waals surface area contributed by atoms with Crippen LogP contribution in [0.25, 0.3) is 0 Å². The van der Waals surface area contributed by atoms with Crippen LogP contribution in [0.5, 0.6) is 0 Å². The summed E-state index contributed by atoms with van der Waals surface area (Å²) in [7, 11) is 0. The van der Waals surface area contributed by atoms with Gasteiger partial charge in [-0.15, -0.1) is 6.58 Å². The molecule has 0 saturated heterocycles. The topological polar surface area (TPSA) is 20.2 Å². The zero-order chi connectivity index (χ0) is 7.98. The number of hydrogen-bond donors (Lipinski definition) is 1. The van der Waals surface area contributed by atoms with Crippen molar-refractivity contribution < 1.29 is 5.11 Å². The highest BCUT2D eigenvalue weighted by atomic mass is 32.2. The van der Waals surface area contributed by atoms with Crippen LogP contribution in [-0.4, -0.2) is 22.7 Å². The van der Waals surface area contributed by atoms with Crippen LogP contribution in [0, 0.1) is 5.92 Å². The van der Waals surface area contributed by atoms with Crippen molar-refractivity contribution in [3.05, 3.63) is 12.7 Å². The van der Waals surface area contributed by atoms with Gasteiger partial charge in [-0.2, -0.15) is 11.8 Å². The molecule has 0 rings (SSSR count). The highest BCUT2D eigenvalue weighted by molar-refractivity contribution is 8.00. The minimum Gasteiger partial charge on any atom is -0.396 e. The lowest BCUT2D eigenvalue weighted by atomic mass is 10.2. The molecule has 0 heterocycles. The van der Waals surface area contributed by atoms with Crippen LogP contribution in [0.15, 0.2) is 12.7 Å². The Morgan fingerprint density at radius 1 is 1.60 bits per heavy atom. The molecule has 0 aliphatic carbocycles. The Kier molecular flexibility index (Phi) is 5.84. The fraction of sp³-hybridized carbons (Fsp3) is 0.750. The van der Waals surface area contributed by atoms with Gasteiger partial charge in [0.2, 0.25) is 0 Å². The molecule has 0 aliphatic heterocycles. The van der Waals surface area contributed by atoms with Gasteiger partial charge in [0, 0.05) is 11.9 Å². The van der Waals surface area contributed by atoms with E-state index in [1.54, 1.807) is 0 Å². The number of hydrogen-bond acceptors (Lipinski definition) is 2. The molecule has 0 bridgehead atoms. The molecule has 0 radical (unpaired) electrons. The van der Waals surface area contributed by atoms with E-state index in [0.29, 0.717) is 11.2 Å². The average molecular weight is 160 g/mol. The molecule has 0 saturated carbocycles. The summed E-state index contributed by atoms with van der Waals surface area (Å²) < 4.78 is 0. The maximum Gasteiger partial charge on any atom is 0.0464 e. The van der Waals surface area contributed by atoms with Crippen molar-refractivity contribution in [1.29, 1.82) is 0 Å². The molecule has 2 atom stereocenters. The molecule has 1 N–H and O–H groups in total. The minimum atomic E-state index is 0.289. The molecule has 0 aromatic rings. The van der Waals surface area contributed by atoms with Gasteiger partial charge in [0.05, 0.1) is 0 Å². The summed E-state index contributed by atoms with van der Waals surface area (Å²) in [6, 6.07) is 0. The fourth-order valence-electron chi connectivity index (χ4n) is 0.437. The lowest BCUT2D eigenvalue weighted by Gasteiger charge is -2.09. The predicted molar refractivity (Wildman–Crippen MR) is 48.4 cm³/mol. The summed E-state index contributed by atoms with van der Waals surface area (Å²) in [6.07, 6.45) is 1.93. The third-order valence-electron chi connectivity index (χ3n) is 1.29. The lowest BCUT2D eigenvalue weighted by Crippen LogP contribution is -2.05. The van der Waals surface area contributed by atoms with Crippen molar-refractivity contribution >= 4 is 11.8 Å². The summed E-state index contributed by atoms with van der Waals surface area (Å²) in [5.74, 6) is 1.43. The maximum atomic E-state index is 8.68. The molecule has 60 valence electrons. The molecule has 0 aromatic heterocycles. The van der Waals surface area contributed by atoms with E-state index in [9.17, 15) is 0 Å². The fourth-order valence-corrected chi connectivity index (χ4v) is 1.31. The predicted octanol–water partition coefficient (Wildman–Crippen LogP) is 1.92. The van der Waals surface area contributed by atoms with Crippen LogP contribution in [0.2, 0.25) is 0 Å². The van der Waals surface area contributed by atoms with Crippen molar-refractivity contribution in [1.82, 2.24) is 0 Å². The van der Waals surface area contributed by atoms with Crippen LogP contribution in [-0.2, 0) is 0 Å². The Morgan fingerprint density at radius 2 is 2.20 bits per heavy atom. The molecule has 2 heteroatoms. The first kappa shape index (κ1) is 10.0. The Balaban J connectivity index is 3.25. The second kappa shape index (κ2) is 5.81. The van der Waals surface area contributed by atoms with E-state index in [0.717, 1.165) is 5.75 Å². The molecule has 10 heavy (non-hydrogen) atoms. The third kappa shape index (κ3) is 4.89. The van der Waals surface area contributed by atoms with Gasteiger partial charge in [-0.3, -0.25) is 0 Å². The Hall–Kier alpha value is 0.0500. The summed E-state index contributed by atoms with van der Waals surface area (Å²) in [5.41, 5.74) is 0. The number of thioether (sulfide) groups is 1. The minimum absolute atomic E-state index is 0.289. The van der Waals surface area contributed by atoms with E-state index >= 15 is 0 Å². The molecule has 0 amide bonds. The highest BCUT2D eigenvalue weighted by Crippen LogP contribution is 2.14. The van der Waals surface area contributed by atoms with Crippen LogP contribution in [0.3, 0.4) is 0 Å². The molecular formula is C8H16OS. The lowest BCUT2D eigenvalue weighted by molar-refractivity contribution is 0.250. The van der Waals surface area contributed by atoms with Crippen LogP contribution < -0.4 is 0 Å². The van der Waals surface area contributed by atoms with E-state index in [-0.39, 0.29) is 6.61 Å². The zero-order valence-electron chi connectivity index (χ0n) is 6.71. The summed E-state index contributed by atoms with van der Waals surface area (Å²) in [4.78, 5) is 0. The second-order valence-corrected chi connectivity index (χ2v) is 3.97. The van der Waals surface area contributed by atoms with Gasteiger partial charge in [0.15, 0.2) is 0 Å². The molecule has 1 nitrogen and oxygen atoms in total. The van der Waals surface area contributed by atoms with E-state index in [1.165, 1.54) is 0 Å². The van der Waals surface area contributed by atoms with E-state index < -0.39 is 0 Å². The monoisotopic (exact) mass is 160 g/mol. The van der Waals surface area contributed by atoms with Crippen molar-refractivity contribution in [3.63, 3.8) is 0 Å². The number of aliphatic hydroxyl groups is 1. The quantitative estimate of drug-likeness (QED) is 0.620. The van der Waals surface area contributed by atoms with Gasteiger partial charge in [-0.05, 0) is 18.6 Å². The van der Waals surface area contributed by atoms with Crippen molar-refractivity contribution in [3.8, 4) is 0 Å². The highest BCUT2D eigenvalue weighted by Gasteiger charge is 2.01. The SMILES string of the molecule is C=CC(C)SCC(C)CO. The summed E-state index contributed by atoms with van der Waals surface area (Å²) in [5, 5.41) is 9.19. The first-order chi connectivity index (χ1) is 4.70.